The summed E-state index contributed by atoms with van der Waals surface area (Å²) in [5.41, 5.74) is 1.86. The van der Waals surface area contributed by atoms with Gasteiger partial charge in [-0.3, -0.25) is 0 Å². The third-order valence-electron chi connectivity index (χ3n) is 4.08. The molecule has 5 nitrogen and oxygen atoms in total. The lowest BCUT2D eigenvalue weighted by atomic mass is 10.00. The normalized spacial score (nSPS) is 15.4. The summed E-state index contributed by atoms with van der Waals surface area (Å²) in [7, 11) is 1.43. The zero-order valence-electron chi connectivity index (χ0n) is 15.3. The number of hydrogen-bond donors (Lipinski definition) is 0. The number of rotatable bonds is 6. The van der Waals surface area contributed by atoms with Crippen LogP contribution in [0.25, 0.3) is 6.08 Å². The topological polar surface area (TPSA) is 47.8 Å². The smallest absolute Gasteiger partial charge is 0.278 e. The summed E-state index contributed by atoms with van der Waals surface area (Å²) < 4.78 is 18.2. The zero-order chi connectivity index (χ0) is 19.6. The Morgan fingerprint density at radius 2 is 1.78 bits per heavy atom. The van der Waals surface area contributed by atoms with Gasteiger partial charge in [0.15, 0.2) is 18.5 Å². The monoisotopic (exact) mass is 408 g/mol. The van der Waals surface area contributed by atoms with Gasteiger partial charge in [-0.15, -0.1) is 0 Å². The molecule has 0 radical (unpaired) electrons. The highest BCUT2D eigenvalue weighted by Crippen LogP contribution is 2.44. The number of benzene rings is 2. The summed E-state index contributed by atoms with van der Waals surface area (Å²) in [4.78, 5) is 12.2. The van der Waals surface area contributed by atoms with E-state index in [9.17, 15) is 4.91 Å². The molecule has 0 aromatic heterocycles. The molecule has 142 valence electrons. The molecule has 7 heteroatoms. The van der Waals surface area contributed by atoms with Crippen molar-refractivity contribution in [2.75, 3.05) is 20.3 Å². The van der Waals surface area contributed by atoms with E-state index >= 15 is 0 Å². The van der Waals surface area contributed by atoms with Crippen LogP contribution in [0.5, 0.6) is 17.2 Å². The summed E-state index contributed by atoms with van der Waals surface area (Å²) in [5.74, 6) is 1.73. The average molecular weight is 409 g/mol. The third-order valence-corrected chi connectivity index (χ3v) is 4.58. The van der Waals surface area contributed by atoms with Crippen LogP contribution in [0.3, 0.4) is 0 Å². The molecule has 1 aliphatic heterocycles. The maximum Gasteiger partial charge on any atom is 0.278 e. The Hall–Kier alpha value is -2.24. The Morgan fingerprint density at radius 3 is 2.44 bits per heavy atom. The number of nitroso groups, excluding NO2 is 1. The lowest BCUT2D eigenvalue weighted by Gasteiger charge is -2.24. The molecule has 0 bridgehead atoms. The van der Waals surface area contributed by atoms with E-state index in [2.05, 4.69) is 0 Å². The molecule has 0 unspecified atom stereocenters. The number of halogens is 2. The van der Waals surface area contributed by atoms with Crippen LogP contribution >= 0.6 is 23.2 Å². The van der Waals surface area contributed by atoms with E-state index in [0.29, 0.717) is 51.8 Å². The minimum Gasteiger partial charge on any atom is -0.490 e. The predicted molar refractivity (Wildman–Crippen MR) is 106 cm³/mol. The maximum atomic E-state index is 12.2. The highest BCUT2D eigenvalue weighted by molar-refractivity contribution is 6.36. The first-order valence-corrected chi connectivity index (χ1v) is 9.37. The van der Waals surface area contributed by atoms with Gasteiger partial charge in [-0.05, 0) is 38.1 Å². The van der Waals surface area contributed by atoms with Gasteiger partial charge in [0, 0.05) is 31.9 Å². The number of hydrogen-bond acceptors (Lipinski definition) is 4. The summed E-state index contributed by atoms with van der Waals surface area (Å²) in [6, 6.07) is 8.82. The van der Waals surface area contributed by atoms with Crippen molar-refractivity contribution in [3.8, 4) is 17.2 Å². The van der Waals surface area contributed by atoms with Crippen LogP contribution in [0.4, 0.5) is 0 Å². The molecule has 0 N–H and O–H groups in total. The average Bonchev–Trinajstić information content (AvgIpc) is 2.62. The van der Waals surface area contributed by atoms with Gasteiger partial charge in [-0.2, -0.15) is 0 Å². The minimum atomic E-state index is -0.631. The number of fused-ring (bicyclic) bond motifs is 1. The lowest BCUT2D eigenvalue weighted by molar-refractivity contribution is -0.474. The van der Waals surface area contributed by atoms with Crippen LogP contribution in [0, 0.1) is 4.91 Å². The minimum absolute atomic E-state index is 0.391. The van der Waals surface area contributed by atoms with Crippen molar-refractivity contribution in [3.05, 3.63) is 62.1 Å². The molecule has 0 fully saturated rings. The Morgan fingerprint density at radius 1 is 1.07 bits per heavy atom. The van der Waals surface area contributed by atoms with Gasteiger partial charge < -0.3 is 14.2 Å². The molecule has 0 aliphatic carbocycles. The van der Waals surface area contributed by atoms with Crippen molar-refractivity contribution in [3.63, 3.8) is 0 Å². The maximum absolute atomic E-state index is 12.2. The van der Waals surface area contributed by atoms with Crippen molar-refractivity contribution < 1.29 is 19.0 Å². The second-order valence-corrected chi connectivity index (χ2v) is 6.79. The van der Waals surface area contributed by atoms with Crippen molar-refractivity contribution in [2.24, 2.45) is 0 Å². The van der Waals surface area contributed by atoms with Gasteiger partial charge in [0.1, 0.15) is 5.75 Å². The van der Waals surface area contributed by atoms with E-state index in [0.717, 1.165) is 10.3 Å². The standard InChI is InChI=1S/C20H20Cl2NO4/c1-4-25-17-7-6-12(10-18(17)26-5-2)20-16(23(3)24)9-13-8-14(21)11-15(22)19(13)27-20/h6-11,20H,4-5H2,1-3H3/q+1/t20-/m0/s1. The van der Waals surface area contributed by atoms with Crippen LogP contribution in [-0.4, -0.2) is 25.0 Å². The summed E-state index contributed by atoms with van der Waals surface area (Å²) in [6.45, 7) is 4.82. The molecular formula is C20H20Cl2NO4+. The highest BCUT2D eigenvalue weighted by atomic mass is 35.5. The van der Waals surface area contributed by atoms with E-state index in [1.54, 1.807) is 18.2 Å². The van der Waals surface area contributed by atoms with Crippen LogP contribution in [-0.2, 0) is 0 Å². The van der Waals surface area contributed by atoms with Gasteiger partial charge >= 0.3 is 0 Å². The molecule has 27 heavy (non-hydrogen) atoms. The fourth-order valence-corrected chi connectivity index (χ4v) is 3.50. The van der Waals surface area contributed by atoms with Crippen molar-refractivity contribution in [2.45, 2.75) is 20.0 Å². The van der Waals surface area contributed by atoms with E-state index in [-0.39, 0.29) is 0 Å². The van der Waals surface area contributed by atoms with Crippen LogP contribution in [0.2, 0.25) is 10.0 Å². The fraction of sp³-hybridized carbons (Fsp3) is 0.300. The molecule has 2 aromatic carbocycles. The number of likely N-dealkylation sites (N-methyl/N-ethyl adjacent to an activating group) is 1. The molecule has 0 saturated carbocycles. The van der Waals surface area contributed by atoms with Crippen molar-refractivity contribution in [1.29, 1.82) is 0 Å². The largest absolute Gasteiger partial charge is 0.490 e. The molecular weight excluding hydrogens is 389 g/mol. The van der Waals surface area contributed by atoms with Gasteiger partial charge in [0.25, 0.3) is 5.70 Å². The lowest BCUT2D eigenvalue weighted by Crippen LogP contribution is -2.20. The van der Waals surface area contributed by atoms with Crippen LogP contribution in [0.1, 0.15) is 31.1 Å². The van der Waals surface area contributed by atoms with E-state index in [1.807, 2.05) is 32.0 Å². The summed E-state index contributed by atoms with van der Waals surface area (Å²) in [5, 5.41) is 0.868. The first kappa shape index (κ1) is 19.5. The molecule has 2 aromatic rings. The van der Waals surface area contributed by atoms with Gasteiger partial charge in [0.2, 0.25) is 6.10 Å². The van der Waals surface area contributed by atoms with Gasteiger partial charge in [-0.25, -0.2) is 0 Å². The fourth-order valence-electron chi connectivity index (χ4n) is 2.95. The second-order valence-electron chi connectivity index (χ2n) is 5.94. The summed E-state index contributed by atoms with van der Waals surface area (Å²) in [6.07, 6.45) is 1.11. The van der Waals surface area contributed by atoms with E-state index in [4.69, 9.17) is 37.4 Å². The quantitative estimate of drug-likeness (QED) is 0.577. The van der Waals surface area contributed by atoms with Crippen LogP contribution < -0.4 is 14.2 Å². The number of ether oxygens (including phenoxy) is 3. The van der Waals surface area contributed by atoms with E-state index < -0.39 is 6.10 Å². The Labute approximate surface area is 168 Å². The Bertz CT molecular complexity index is 911. The Kier molecular flexibility index (Phi) is 5.92. The van der Waals surface area contributed by atoms with Crippen molar-refractivity contribution in [1.82, 2.24) is 0 Å². The zero-order valence-corrected chi connectivity index (χ0v) is 16.8. The SMILES string of the molecule is CCOc1ccc([C@@H]2Oc3c(Cl)cc(Cl)cc3C=C2[N+](C)=O)cc1OCC. The van der Waals surface area contributed by atoms with Crippen molar-refractivity contribution >= 4 is 29.3 Å². The van der Waals surface area contributed by atoms with E-state index in [1.165, 1.54) is 7.05 Å². The number of nitrogens with zero attached hydrogens (tertiary/aromatic N) is 1. The van der Waals surface area contributed by atoms with Gasteiger partial charge in [0.05, 0.1) is 18.2 Å². The van der Waals surface area contributed by atoms with Gasteiger partial charge in [-0.1, -0.05) is 29.3 Å². The predicted octanol–water partition coefficient (Wildman–Crippen LogP) is 5.67. The molecule has 0 amide bonds. The molecule has 0 spiro atoms. The molecule has 1 aliphatic rings. The van der Waals surface area contributed by atoms with Crippen LogP contribution in [0.15, 0.2) is 36.0 Å². The molecule has 0 saturated heterocycles. The second kappa shape index (κ2) is 8.19. The molecule has 1 atom stereocenters. The first-order valence-electron chi connectivity index (χ1n) is 8.62. The molecule has 3 rings (SSSR count). The first-order chi connectivity index (χ1) is 12.9. The summed E-state index contributed by atoms with van der Waals surface area (Å²) >= 11 is 12.4. The third kappa shape index (κ3) is 4.04. The highest BCUT2D eigenvalue weighted by Gasteiger charge is 2.35. The molecule has 1 heterocycles. The Balaban J connectivity index is 2.08.